The van der Waals surface area contributed by atoms with Gasteiger partial charge in [0.1, 0.15) is 0 Å². The van der Waals surface area contributed by atoms with Crippen molar-refractivity contribution >= 4 is 85.4 Å². The van der Waals surface area contributed by atoms with Crippen LogP contribution in [0.25, 0.3) is 0 Å². The average molecular weight is 726 g/mol. The Morgan fingerprint density at radius 1 is 1.14 bits per heavy atom. The van der Waals surface area contributed by atoms with Gasteiger partial charge in [0.25, 0.3) is 11.8 Å². The van der Waals surface area contributed by atoms with Crippen LogP contribution in [0.1, 0.15) is 37.7 Å². The minimum absolute atomic E-state index is 0.0546. The molecule has 1 N–H and O–H groups in total. The van der Waals surface area contributed by atoms with E-state index in [2.05, 4.69) is 15.9 Å². The molecule has 0 radical (unpaired) electrons. The number of halogens is 4. The predicted molar refractivity (Wildman–Crippen MR) is 148 cm³/mol. The third-order valence-electron chi connectivity index (χ3n) is 8.16. The van der Waals surface area contributed by atoms with Crippen molar-refractivity contribution in [1.29, 1.82) is 0 Å². The van der Waals surface area contributed by atoms with Crippen LogP contribution in [-0.2, 0) is 19.2 Å². The summed E-state index contributed by atoms with van der Waals surface area (Å²) < 4.78 is 5.83. The van der Waals surface area contributed by atoms with Gasteiger partial charge in [-0.3, -0.25) is 29.0 Å². The molecule has 0 spiro atoms. The number of phenolic OH excluding ortho intramolecular Hbond substituents is 1. The first-order valence-electron chi connectivity index (χ1n) is 11.9. The number of allylic oxidation sites excluding steroid dienone is 2. The summed E-state index contributed by atoms with van der Waals surface area (Å²) in [5.74, 6) is -4.39. The molecule has 6 atom stereocenters. The minimum Gasteiger partial charge on any atom is -0.504 e. The predicted octanol–water partition coefficient (Wildman–Crippen LogP) is 4.13. The molecule has 2 heterocycles. The molecule has 8 nitrogen and oxygen atoms in total. The van der Waals surface area contributed by atoms with Crippen molar-refractivity contribution in [1.82, 2.24) is 9.80 Å². The minimum atomic E-state index is -1.89. The fraction of sp³-hybridized carbons (Fsp3) is 0.520. The third-order valence-corrected chi connectivity index (χ3v) is 10.9. The molecule has 4 amide bonds. The quantitative estimate of drug-likeness (QED) is 0.161. The number of likely N-dealkylation sites (tertiary alicyclic amines) is 2. The molecular weight excluding hydrogens is 702 g/mol. The Kier molecular flexibility index (Phi) is 6.89. The first kappa shape index (κ1) is 27.2. The molecule has 37 heavy (non-hydrogen) atoms. The van der Waals surface area contributed by atoms with E-state index in [1.165, 1.54) is 12.0 Å². The van der Waals surface area contributed by atoms with Crippen LogP contribution in [0.4, 0.5) is 0 Å². The second-order valence-corrected chi connectivity index (χ2v) is 12.8. The van der Waals surface area contributed by atoms with E-state index < -0.39 is 45.2 Å². The SMILES string of the molecule is CCCN1C(=O)[C@H]2[C@H](CC=C3[C@H]2C[C@@]2(Cl)C(=O)N(CBr)C(=O)[C@@]2(Cl)[C@H]3c2cc(I)c(O)c(OC)c2)C1=O. The van der Waals surface area contributed by atoms with Crippen molar-refractivity contribution in [3.05, 3.63) is 32.9 Å². The highest BCUT2D eigenvalue weighted by molar-refractivity contribution is 14.1. The second-order valence-electron chi connectivity index (χ2n) is 9.87. The van der Waals surface area contributed by atoms with E-state index in [1.807, 2.05) is 35.6 Å². The van der Waals surface area contributed by atoms with Gasteiger partial charge in [-0.2, -0.15) is 0 Å². The highest BCUT2D eigenvalue weighted by Gasteiger charge is 2.76. The highest BCUT2D eigenvalue weighted by atomic mass is 127. The molecule has 0 aromatic heterocycles. The number of fused-ring (bicyclic) bond motifs is 4. The fourth-order valence-electron chi connectivity index (χ4n) is 6.55. The zero-order valence-electron chi connectivity index (χ0n) is 20.0. The lowest BCUT2D eigenvalue weighted by molar-refractivity contribution is -0.141. The largest absolute Gasteiger partial charge is 0.504 e. The van der Waals surface area contributed by atoms with Gasteiger partial charge in [0.05, 0.1) is 28.0 Å². The number of rotatable bonds is 5. The summed E-state index contributed by atoms with van der Waals surface area (Å²) in [5, 5.41) is 10.5. The van der Waals surface area contributed by atoms with Crippen LogP contribution >= 0.6 is 61.7 Å². The van der Waals surface area contributed by atoms with E-state index in [0.29, 0.717) is 34.1 Å². The summed E-state index contributed by atoms with van der Waals surface area (Å²) >= 11 is 19.6. The summed E-state index contributed by atoms with van der Waals surface area (Å²) in [7, 11) is 1.41. The summed E-state index contributed by atoms with van der Waals surface area (Å²) in [6.07, 6.45) is 2.78. The number of alkyl halides is 3. The smallest absolute Gasteiger partial charge is 0.254 e. The van der Waals surface area contributed by atoms with Gasteiger partial charge < -0.3 is 9.84 Å². The normalized spacial score (nSPS) is 34.9. The number of aromatic hydroxyl groups is 1. The Labute approximate surface area is 245 Å². The number of carbonyl (C=O) groups is 4. The number of hydrogen-bond acceptors (Lipinski definition) is 6. The molecular formula is C25H24BrCl2IN2O6. The summed E-state index contributed by atoms with van der Waals surface area (Å²) in [4.78, 5) is 52.7. The van der Waals surface area contributed by atoms with Crippen LogP contribution in [-0.4, -0.2) is 67.4 Å². The molecule has 4 aliphatic rings. The second kappa shape index (κ2) is 9.38. The lowest BCUT2D eigenvalue weighted by Gasteiger charge is -2.50. The van der Waals surface area contributed by atoms with Gasteiger partial charge in [-0.25, -0.2) is 0 Å². The van der Waals surface area contributed by atoms with Crippen LogP contribution in [0.3, 0.4) is 0 Å². The standard InChI is InChI=1S/C25H24BrCl2IN2O6/c1-3-6-30-20(33)13-5-4-12-14(17(13)21(30)34)9-24(27)22(35)31(10-26)23(36)25(24,28)18(12)11-7-15(29)19(32)16(8-11)37-2/h4,7-8,13-14,17-18,32H,3,5-6,9-10H2,1-2H3/t13-,14+,17-,18-,24+,25-/m0/s1. The Morgan fingerprint density at radius 3 is 2.46 bits per heavy atom. The van der Waals surface area contributed by atoms with Gasteiger partial charge in [-0.15, -0.1) is 23.2 Å². The van der Waals surface area contributed by atoms with E-state index in [-0.39, 0.29) is 35.2 Å². The zero-order valence-corrected chi connectivity index (χ0v) is 25.2. The van der Waals surface area contributed by atoms with Crippen molar-refractivity contribution in [2.45, 2.75) is 41.9 Å². The molecule has 12 heteroatoms. The number of ether oxygens (including phenoxy) is 1. The first-order valence-corrected chi connectivity index (χ1v) is 14.8. The lowest BCUT2D eigenvalue weighted by Crippen LogP contribution is -2.60. The van der Waals surface area contributed by atoms with Gasteiger partial charge in [-0.05, 0) is 65.5 Å². The van der Waals surface area contributed by atoms with Crippen molar-refractivity contribution < 1.29 is 29.0 Å². The molecule has 2 saturated heterocycles. The van der Waals surface area contributed by atoms with Crippen LogP contribution in [0, 0.1) is 21.3 Å². The van der Waals surface area contributed by atoms with Gasteiger partial charge in [-0.1, -0.05) is 34.5 Å². The maximum Gasteiger partial charge on any atom is 0.254 e. The van der Waals surface area contributed by atoms with E-state index >= 15 is 0 Å². The number of amides is 4. The zero-order chi connectivity index (χ0) is 27.0. The van der Waals surface area contributed by atoms with Gasteiger partial charge in [0.15, 0.2) is 21.2 Å². The number of carbonyl (C=O) groups excluding carboxylic acids is 4. The third kappa shape index (κ3) is 3.50. The molecule has 2 aliphatic carbocycles. The number of hydrogen-bond donors (Lipinski definition) is 1. The Bertz CT molecular complexity index is 1280. The van der Waals surface area contributed by atoms with Crippen molar-refractivity contribution in [2.75, 3.05) is 19.1 Å². The number of phenols is 1. The van der Waals surface area contributed by atoms with E-state index in [1.54, 1.807) is 12.1 Å². The molecule has 1 aromatic carbocycles. The molecule has 1 aromatic rings. The Hall–Kier alpha value is -1.37. The maximum atomic E-state index is 13.8. The van der Waals surface area contributed by atoms with Gasteiger partial charge in [0.2, 0.25) is 11.8 Å². The summed E-state index contributed by atoms with van der Waals surface area (Å²) in [5.41, 5.74) is 1.13. The van der Waals surface area contributed by atoms with Crippen LogP contribution < -0.4 is 4.74 Å². The average Bonchev–Trinajstić information content (AvgIpc) is 3.19. The Morgan fingerprint density at radius 2 is 1.84 bits per heavy atom. The fourth-order valence-corrected chi connectivity index (χ4v) is 8.60. The molecule has 5 rings (SSSR count). The highest BCUT2D eigenvalue weighted by Crippen LogP contribution is 2.65. The van der Waals surface area contributed by atoms with Crippen molar-refractivity contribution in [3.63, 3.8) is 0 Å². The Balaban J connectivity index is 1.74. The van der Waals surface area contributed by atoms with Gasteiger partial charge >= 0.3 is 0 Å². The monoisotopic (exact) mass is 724 g/mol. The van der Waals surface area contributed by atoms with Gasteiger partial charge in [0, 0.05) is 12.5 Å². The molecule has 0 bridgehead atoms. The molecule has 0 unspecified atom stereocenters. The van der Waals surface area contributed by atoms with Crippen molar-refractivity contribution in [2.24, 2.45) is 17.8 Å². The topological polar surface area (TPSA) is 104 Å². The first-order chi connectivity index (χ1) is 17.5. The summed E-state index contributed by atoms with van der Waals surface area (Å²) in [6, 6.07) is 3.26. The molecule has 198 valence electrons. The molecule has 2 aliphatic heterocycles. The van der Waals surface area contributed by atoms with E-state index in [4.69, 9.17) is 27.9 Å². The molecule has 1 saturated carbocycles. The molecule has 3 fully saturated rings. The van der Waals surface area contributed by atoms with Crippen LogP contribution in [0.2, 0.25) is 0 Å². The number of imide groups is 2. The summed E-state index contributed by atoms with van der Waals surface area (Å²) in [6.45, 7) is 2.22. The van der Waals surface area contributed by atoms with Crippen LogP contribution in [0.15, 0.2) is 23.8 Å². The number of benzene rings is 1. The van der Waals surface area contributed by atoms with E-state index in [9.17, 15) is 24.3 Å². The lowest BCUT2D eigenvalue weighted by atomic mass is 9.56. The van der Waals surface area contributed by atoms with Crippen LogP contribution in [0.5, 0.6) is 11.5 Å². The van der Waals surface area contributed by atoms with Crippen molar-refractivity contribution in [3.8, 4) is 11.5 Å². The maximum absolute atomic E-state index is 13.8. The van der Waals surface area contributed by atoms with E-state index in [0.717, 1.165) is 4.90 Å². The number of nitrogens with zero attached hydrogens (tertiary/aromatic N) is 2. The number of methoxy groups -OCH3 is 1.